The molecule has 3 N–H and O–H groups in total. The fourth-order valence-corrected chi connectivity index (χ4v) is 3.37. The minimum atomic E-state index is -5.08. The molecule has 0 bridgehead atoms. The number of carboxylic acids is 1. The van der Waals surface area contributed by atoms with Crippen molar-refractivity contribution in [3.63, 3.8) is 0 Å². The van der Waals surface area contributed by atoms with Crippen molar-refractivity contribution in [1.29, 1.82) is 0 Å². The van der Waals surface area contributed by atoms with Gasteiger partial charge < -0.3 is 10.4 Å². The molecule has 2 aromatic carbocycles. The summed E-state index contributed by atoms with van der Waals surface area (Å²) in [5, 5.41) is 9.82. The molecule has 156 valence electrons. The zero-order valence-corrected chi connectivity index (χ0v) is 15.3. The lowest BCUT2D eigenvalue weighted by molar-refractivity contribution is -0.192. The van der Waals surface area contributed by atoms with Gasteiger partial charge in [-0.05, 0) is 54.4 Å². The van der Waals surface area contributed by atoms with Gasteiger partial charge in [-0.3, -0.25) is 9.52 Å². The lowest BCUT2D eigenvalue weighted by Crippen LogP contribution is -2.21. The second-order valence-corrected chi connectivity index (χ2v) is 7.46. The van der Waals surface area contributed by atoms with E-state index in [1.165, 1.54) is 30.3 Å². The lowest BCUT2D eigenvalue weighted by Gasteiger charge is -2.17. The summed E-state index contributed by atoms with van der Waals surface area (Å²) >= 11 is 0. The van der Waals surface area contributed by atoms with Gasteiger partial charge in [0, 0.05) is 17.8 Å². The van der Waals surface area contributed by atoms with E-state index in [0.29, 0.717) is 18.5 Å². The molecule has 0 aromatic heterocycles. The molecule has 0 saturated heterocycles. The molecular formula is C17H14F4N2O5S. The van der Waals surface area contributed by atoms with E-state index in [-0.39, 0.29) is 16.5 Å². The van der Waals surface area contributed by atoms with Crippen LogP contribution in [0.4, 0.5) is 28.9 Å². The smallest absolute Gasteiger partial charge is 0.475 e. The Kier molecular flexibility index (Phi) is 6.47. The topological polar surface area (TPSA) is 113 Å². The number of aliphatic carboxylic acids is 1. The molecule has 29 heavy (non-hydrogen) atoms. The normalized spacial score (nSPS) is 13.4. The number of alkyl halides is 3. The van der Waals surface area contributed by atoms with E-state index in [9.17, 15) is 30.8 Å². The number of carbonyl (C=O) groups is 2. The van der Waals surface area contributed by atoms with E-state index in [0.717, 1.165) is 5.56 Å². The fraction of sp³-hybridized carbons (Fsp3) is 0.176. The number of hydrogen-bond donors (Lipinski definition) is 3. The van der Waals surface area contributed by atoms with Crippen LogP contribution >= 0.6 is 0 Å². The quantitative estimate of drug-likeness (QED) is 0.643. The molecule has 1 amide bonds. The Labute approximate surface area is 162 Å². The predicted molar refractivity (Wildman–Crippen MR) is 94.3 cm³/mol. The summed E-state index contributed by atoms with van der Waals surface area (Å²) in [7, 11) is -3.76. The van der Waals surface area contributed by atoms with Crippen LogP contribution < -0.4 is 10.0 Å². The van der Waals surface area contributed by atoms with E-state index in [1.54, 1.807) is 12.1 Å². The largest absolute Gasteiger partial charge is 0.490 e. The minimum absolute atomic E-state index is 0.0763. The number of sulfonamides is 1. The fourth-order valence-electron chi connectivity index (χ4n) is 2.26. The molecule has 1 aliphatic heterocycles. The number of benzene rings is 2. The average molecular weight is 434 g/mol. The first-order valence-electron chi connectivity index (χ1n) is 7.90. The summed E-state index contributed by atoms with van der Waals surface area (Å²) < 4.78 is 71.7. The number of rotatable bonds is 3. The maximum absolute atomic E-state index is 12.9. The number of hydrogen-bond acceptors (Lipinski definition) is 4. The number of carbonyl (C=O) groups excluding carboxylic acids is 1. The number of carboxylic acid groups (broad SMARTS) is 1. The number of amides is 1. The van der Waals surface area contributed by atoms with E-state index in [1.807, 2.05) is 0 Å². The highest BCUT2D eigenvalue weighted by molar-refractivity contribution is 7.92. The van der Waals surface area contributed by atoms with E-state index < -0.39 is 28.0 Å². The standard InChI is InChI=1S/C15H13FN2O3S.C2HF3O2/c16-11-2-4-12(5-3-11)18-22(20,21)13-6-7-14-10(9-13)1-8-15(19)17-14;3-2(4,5)1(6)7/h2-7,9,18H,1,8H2,(H,17,19);(H,6,7). The first-order valence-corrected chi connectivity index (χ1v) is 9.38. The number of fused-ring (bicyclic) bond motifs is 1. The van der Waals surface area contributed by atoms with Crippen LogP contribution in [-0.4, -0.2) is 31.6 Å². The van der Waals surface area contributed by atoms with Crippen molar-refractivity contribution >= 4 is 33.3 Å². The van der Waals surface area contributed by atoms with Crippen molar-refractivity contribution < 1.29 is 40.7 Å². The summed E-state index contributed by atoms with van der Waals surface area (Å²) in [5.41, 5.74) is 1.70. The summed E-state index contributed by atoms with van der Waals surface area (Å²) in [6.45, 7) is 0. The third-order valence-electron chi connectivity index (χ3n) is 3.62. The molecule has 2 aromatic rings. The monoisotopic (exact) mass is 434 g/mol. The first-order chi connectivity index (χ1) is 13.4. The van der Waals surface area contributed by atoms with Crippen LogP contribution in [0.5, 0.6) is 0 Å². The van der Waals surface area contributed by atoms with Crippen LogP contribution in [0.15, 0.2) is 47.4 Å². The third kappa shape index (κ3) is 6.17. The number of anilines is 2. The van der Waals surface area contributed by atoms with Gasteiger partial charge >= 0.3 is 12.1 Å². The van der Waals surface area contributed by atoms with Crippen molar-refractivity contribution in [3.8, 4) is 0 Å². The zero-order valence-electron chi connectivity index (χ0n) is 14.5. The summed E-state index contributed by atoms with van der Waals surface area (Å²) in [6.07, 6.45) is -4.25. The molecule has 0 atom stereocenters. The Hall–Kier alpha value is -3.15. The Bertz CT molecular complexity index is 1020. The van der Waals surface area contributed by atoms with Crippen molar-refractivity contribution in [2.24, 2.45) is 0 Å². The number of halogens is 4. The van der Waals surface area contributed by atoms with Crippen molar-refractivity contribution in [3.05, 3.63) is 53.8 Å². The van der Waals surface area contributed by atoms with Gasteiger partial charge in [-0.2, -0.15) is 13.2 Å². The highest BCUT2D eigenvalue weighted by Crippen LogP contribution is 2.26. The van der Waals surface area contributed by atoms with Crippen molar-refractivity contribution in [2.45, 2.75) is 23.9 Å². The van der Waals surface area contributed by atoms with Gasteiger partial charge in [0.1, 0.15) is 5.82 Å². The highest BCUT2D eigenvalue weighted by atomic mass is 32.2. The zero-order chi connectivity index (χ0) is 21.8. The van der Waals surface area contributed by atoms with Crippen LogP contribution in [-0.2, 0) is 26.0 Å². The summed E-state index contributed by atoms with van der Waals surface area (Å²) in [5.74, 6) is -3.27. The van der Waals surface area contributed by atoms with Gasteiger partial charge in [-0.25, -0.2) is 17.6 Å². The van der Waals surface area contributed by atoms with Crippen LogP contribution in [0.2, 0.25) is 0 Å². The maximum atomic E-state index is 12.9. The Balaban J connectivity index is 0.000000370. The summed E-state index contributed by atoms with van der Waals surface area (Å²) in [6, 6.07) is 9.61. The molecule has 0 spiro atoms. The predicted octanol–water partition coefficient (Wildman–Crippen LogP) is 3.14. The van der Waals surface area contributed by atoms with Gasteiger partial charge in [-0.15, -0.1) is 0 Å². The van der Waals surface area contributed by atoms with Gasteiger partial charge in [-0.1, -0.05) is 0 Å². The van der Waals surface area contributed by atoms with Gasteiger partial charge in [0.2, 0.25) is 5.91 Å². The minimum Gasteiger partial charge on any atom is -0.475 e. The molecule has 1 heterocycles. The van der Waals surface area contributed by atoms with E-state index in [2.05, 4.69) is 10.0 Å². The van der Waals surface area contributed by atoms with Crippen molar-refractivity contribution in [2.75, 3.05) is 10.0 Å². The van der Waals surface area contributed by atoms with Crippen LogP contribution in [0.25, 0.3) is 0 Å². The van der Waals surface area contributed by atoms with Gasteiger partial charge in [0.15, 0.2) is 0 Å². The van der Waals surface area contributed by atoms with E-state index >= 15 is 0 Å². The Morgan fingerprint density at radius 3 is 2.21 bits per heavy atom. The Morgan fingerprint density at radius 1 is 1.07 bits per heavy atom. The van der Waals surface area contributed by atoms with E-state index in [4.69, 9.17) is 9.90 Å². The first kappa shape index (κ1) is 22.1. The molecule has 1 aliphatic rings. The SMILES string of the molecule is O=C(O)C(F)(F)F.O=C1CCc2cc(S(=O)(=O)Nc3ccc(F)cc3)ccc2N1. The molecule has 12 heteroatoms. The van der Waals surface area contributed by atoms with Crippen LogP contribution in [0, 0.1) is 5.82 Å². The molecule has 0 aliphatic carbocycles. The average Bonchev–Trinajstić information content (AvgIpc) is 2.62. The summed E-state index contributed by atoms with van der Waals surface area (Å²) in [4.78, 5) is 20.3. The number of nitrogens with one attached hydrogen (secondary N) is 2. The molecule has 0 saturated carbocycles. The second kappa shape index (κ2) is 8.47. The maximum Gasteiger partial charge on any atom is 0.490 e. The third-order valence-corrected chi connectivity index (χ3v) is 5.00. The molecule has 3 rings (SSSR count). The highest BCUT2D eigenvalue weighted by Gasteiger charge is 2.38. The van der Waals surface area contributed by atoms with Crippen LogP contribution in [0.3, 0.4) is 0 Å². The molecule has 0 radical (unpaired) electrons. The Morgan fingerprint density at radius 2 is 1.66 bits per heavy atom. The molecule has 0 fully saturated rings. The van der Waals surface area contributed by atoms with Gasteiger partial charge in [0.05, 0.1) is 4.90 Å². The lowest BCUT2D eigenvalue weighted by atomic mass is 10.0. The van der Waals surface area contributed by atoms with Crippen LogP contribution in [0.1, 0.15) is 12.0 Å². The van der Waals surface area contributed by atoms with Gasteiger partial charge in [0.25, 0.3) is 10.0 Å². The second-order valence-electron chi connectivity index (χ2n) is 5.78. The molecule has 7 nitrogen and oxygen atoms in total. The molecule has 0 unspecified atom stereocenters. The number of aryl methyl sites for hydroxylation is 1. The molecular weight excluding hydrogens is 420 g/mol. The van der Waals surface area contributed by atoms with Crippen molar-refractivity contribution in [1.82, 2.24) is 0 Å².